The molecule has 0 radical (unpaired) electrons. The Balaban J connectivity index is 2.10. The number of nitro groups is 1. The van der Waals surface area contributed by atoms with Crippen LogP contribution in [0.1, 0.15) is 10.6 Å². The van der Waals surface area contributed by atoms with E-state index in [2.05, 4.69) is 27.5 Å². The third-order valence-electron chi connectivity index (χ3n) is 3.14. The van der Waals surface area contributed by atoms with Gasteiger partial charge in [0.1, 0.15) is 4.92 Å². The number of carbonyl (C=O) groups excluding carboxylic acids is 1. The van der Waals surface area contributed by atoms with Gasteiger partial charge < -0.3 is 8.98 Å². The normalized spacial score (nSPS) is 11.8. The average molecular weight is 408 g/mol. The molecule has 0 fully saturated rings. The minimum atomic E-state index is -0.703. The van der Waals surface area contributed by atoms with Gasteiger partial charge in [0.05, 0.1) is 16.3 Å². The maximum atomic E-state index is 12.2. The molecule has 0 aliphatic heterocycles. The third kappa shape index (κ3) is 3.08. The van der Waals surface area contributed by atoms with Crippen molar-refractivity contribution in [3.63, 3.8) is 0 Å². The maximum absolute atomic E-state index is 12.2. The zero-order valence-corrected chi connectivity index (χ0v) is 14.5. The van der Waals surface area contributed by atoms with Gasteiger partial charge in [0.2, 0.25) is 5.76 Å². The fraction of sp³-hybridized carbons (Fsp3) is 0.0667. The number of carbonyl (C=O) groups is 1. The summed E-state index contributed by atoms with van der Waals surface area (Å²) in [5.74, 6) is -1.34. The molecule has 0 spiro atoms. The van der Waals surface area contributed by atoms with Gasteiger partial charge in [-0.3, -0.25) is 14.9 Å². The second kappa shape index (κ2) is 6.54. The van der Waals surface area contributed by atoms with Crippen molar-refractivity contribution in [2.24, 2.45) is 4.99 Å². The summed E-state index contributed by atoms with van der Waals surface area (Å²) in [6, 6.07) is 8.12. The molecule has 0 bridgehead atoms. The van der Waals surface area contributed by atoms with Crippen LogP contribution in [-0.2, 0) is 6.54 Å². The standard InChI is InChI=1S/C15H10BrN3O4S/c1-2-7-18-10-4-3-9(16)8-12(10)24-15(18)17-14(20)11-5-6-13(23-11)19(21)22/h2-6,8H,1,7H2. The number of fused-ring (bicyclic) bond motifs is 1. The molecule has 0 aliphatic carbocycles. The minimum Gasteiger partial charge on any atom is -0.395 e. The van der Waals surface area contributed by atoms with Crippen LogP contribution in [0.2, 0.25) is 0 Å². The van der Waals surface area contributed by atoms with Crippen molar-refractivity contribution in [2.75, 3.05) is 0 Å². The molecule has 2 aromatic heterocycles. The lowest BCUT2D eigenvalue weighted by molar-refractivity contribution is -0.402. The number of allylic oxidation sites excluding steroid dienone is 1. The zero-order chi connectivity index (χ0) is 17.3. The van der Waals surface area contributed by atoms with Crippen LogP contribution in [0.3, 0.4) is 0 Å². The van der Waals surface area contributed by atoms with E-state index in [0.717, 1.165) is 20.8 Å². The van der Waals surface area contributed by atoms with Gasteiger partial charge in [-0.25, -0.2) is 0 Å². The highest BCUT2D eigenvalue weighted by Gasteiger charge is 2.17. The Morgan fingerprint density at radius 2 is 2.25 bits per heavy atom. The Kier molecular flexibility index (Phi) is 4.45. The van der Waals surface area contributed by atoms with E-state index < -0.39 is 16.7 Å². The summed E-state index contributed by atoms with van der Waals surface area (Å²) in [5.41, 5.74) is 0.917. The molecule has 3 rings (SSSR count). The van der Waals surface area contributed by atoms with Gasteiger partial charge in [0, 0.05) is 11.0 Å². The van der Waals surface area contributed by atoms with Crippen molar-refractivity contribution in [1.82, 2.24) is 4.57 Å². The average Bonchev–Trinajstić information content (AvgIpc) is 3.13. The summed E-state index contributed by atoms with van der Waals surface area (Å²) >= 11 is 4.75. The largest absolute Gasteiger partial charge is 0.433 e. The van der Waals surface area contributed by atoms with E-state index in [9.17, 15) is 14.9 Å². The minimum absolute atomic E-state index is 0.175. The number of nitrogens with zero attached hydrogens (tertiary/aromatic N) is 3. The summed E-state index contributed by atoms with van der Waals surface area (Å²) < 4.78 is 8.60. The van der Waals surface area contributed by atoms with E-state index in [1.165, 1.54) is 17.4 Å². The van der Waals surface area contributed by atoms with Gasteiger partial charge in [0.25, 0.3) is 0 Å². The first-order chi connectivity index (χ1) is 11.5. The summed E-state index contributed by atoms with van der Waals surface area (Å²) in [4.78, 5) is 26.7. The van der Waals surface area contributed by atoms with E-state index in [1.54, 1.807) is 6.08 Å². The highest BCUT2D eigenvalue weighted by Crippen LogP contribution is 2.22. The first-order valence-corrected chi connectivity index (χ1v) is 8.33. The number of amides is 1. The Labute approximate surface area is 147 Å². The molecule has 0 unspecified atom stereocenters. The van der Waals surface area contributed by atoms with Crippen molar-refractivity contribution in [1.29, 1.82) is 0 Å². The molecule has 24 heavy (non-hydrogen) atoms. The van der Waals surface area contributed by atoms with Gasteiger partial charge >= 0.3 is 11.8 Å². The second-order valence-electron chi connectivity index (χ2n) is 4.71. The zero-order valence-electron chi connectivity index (χ0n) is 12.1. The lowest BCUT2D eigenvalue weighted by Gasteiger charge is -2.00. The lowest BCUT2D eigenvalue weighted by Crippen LogP contribution is -2.16. The Hall–Kier alpha value is -2.52. The molecule has 9 heteroatoms. The molecule has 7 nitrogen and oxygen atoms in total. The predicted molar refractivity (Wildman–Crippen MR) is 93.0 cm³/mol. The van der Waals surface area contributed by atoms with E-state index in [1.807, 2.05) is 22.8 Å². The topological polar surface area (TPSA) is 90.6 Å². The quantitative estimate of drug-likeness (QED) is 0.372. The molecule has 0 atom stereocenters. The summed E-state index contributed by atoms with van der Waals surface area (Å²) in [7, 11) is 0. The molecule has 122 valence electrons. The molecule has 2 heterocycles. The number of hydrogen-bond acceptors (Lipinski definition) is 5. The highest BCUT2D eigenvalue weighted by atomic mass is 79.9. The van der Waals surface area contributed by atoms with Gasteiger partial charge in [-0.15, -0.1) is 6.58 Å². The van der Waals surface area contributed by atoms with Crippen LogP contribution >= 0.6 is 27.3 Å². The third-order valence-corrected chi connectivity index (χ3v) is 4.67. The van der Waals surface area contributed by atoms with E-state index in [-0.39, 0.29) is 5.76 Å². The van der Waals surface area contributed by atoms with Crippen molar-refractivity contribution in [3.8, 4) is 0 Å². The molecular formula is C15H10BrN3O4S. The van der Waals surface area contributed by atoms with Crippen molar-refractivity contribution in [3.05, 3.63) is 68.1 Å². The van der Waals surface area contributed by atoms with Gasteiger partial charge in [-0.05, 0) is 24.3 Å². The number of thiazole rings is 1. The Morgan fingerprint density at radius 1 is 1.46 bits per heavy atom. The molecule has 0 saturated heterocycles. The number of aromatic nitrogens is 1. The van der Waals surface area contributed by atoms with Crippen LogP contribution in [0.25, 0.3) is 10.2 Å². The molecule has 0 aliphatic rings. The Morgan fingerprint density at radius 3 is 2.92 bits per heavy atom. The maximum Gasteiger partial charge on any atom is 0.433 e. The number of halogens is 1. The van der Waals surface area contributed by atoms with Crippen molar-refractivity contribution in [2.45, 2.75) is 6.54 Å². The van der Waals surface area contributed by atoms with E-state index in [0.29, 0.717) is 11.3 Å². The fourth-order valence-corrected chi connectivity index (χ4v) is 3.71. The first kappa shape index (κ1) is 16.3. The molecule has 1 amide bonds. The predicted octanol–water partition coefficient (Wildman–Crippen LogP) is 3.89. The summed E-state index contributed by atoms with van der Waals surface area (Å²) in [5, 5.41) is 10.6. The SMILES string of the molecule is C=CCn1c(=NC(=O)c2ccc([N+](=O)[O-])o2)sc2cc(Br)ccc21. The van der Waals surface area contributed by atoms with Gasteiger partial charge in [-0.1, -0.05) is 33.3 Å². The number of hydrogen-bond donors (Lipinski definition) is 0. The van der Waals surface area contributed by atoms with Crippen LogP contribution in [0.5, 0.6) is 0 Å². The molecule has 0 N–H and O–H groups in total. The monoisotopic (exact) mass is 407 g/mol. The van der Waals surface area contributed by atoms with Crippen molar-refractivity contribution >= 4 is 49.3 Å². The summed E-state index contributed by atoms with van der Waals surface area (Å²) in [6.07, 6.45) is 1.70. The van der Waals surface area contributed by atoms with E-state index in [4.69, 9.17) is 4.42 Å². The van der Waals surface area contributed by atoms with Crippen LogP contribution in [-0.4, -0.2) is 15.4 Å². The van der Waals surface area contributed by atoms with Gasteiger partial charge in [0.15, 0.2) is 4.80 Å². The van der Waals surface area contributed by atoms with Crippen LogP contribution in [0, 0.1) is 10.1 Å². The lowest BCUT2D eigenvalue weighted by atomic mass is 10.3. The highest BCUT2D eigenvalue weighted by molar-refractivity contribution is 9.10. The summed E-state index contributed by atoms with van der Waals surface area (Å²) in [6.45, 7) is 4.19. The Bertz CT molecular complexity index is 1030. The second-order valence-corrected chi connectivity index (χ2v) is 6.63. The van der Waals surface area contributed by atoms with Crippen LogP contribution in [0.4, 0.5) is 5.88 Å². The molecule has 0 saturated carbocycles. The molecule has 3 aromatic rings. The van der Waals surface area contributed by atoms with Gasteiger partial charge in [-0.2, -0.15) is 4.99 Å². The first-order valence-electron chi connectivity index (χ1n) is 6.72. The number of benzene rings is 1. The molecular weight excluding hydrogens is 398 g/mol. The number of furan rings is 1. The smallest absolute Gasteiger partial charge is 0.395 e. The van der Waals surface area contributed by atoms with E-state index >= 15 is 0 Å². The fourth-order valence-electron chi connectivity index (χ4n) is 2.12. The van der Waals surface area contributed by atoms with Crippen LogP contribution < -0.4 is 4.80 Å². The number of rotatable bonds is 4. The van der Waals surface area contributed by atoms with Crippen molar-refractivity contribution < 1.29 is 14.1 Å². The van der Waals surface area contributed by atoms with Crippen LogP contribution in [0.15, 0.2) is 56.9 Å². The molecule has 1 aromatic carbocycles.